The number of hydrogen-bond acceptors (Lipinski definition) is 9. The van der Waals surface area contributed by atoms with Crippen molar-refractivity contribution in [3.8, 4) is 11.8 Å². The number of benzene rings is 1. The molecule has 5 unspecified atom stereocenters. The normalized spacial score (nSPS) is 28.3. The van der Waals surface area contributed by atoms with Gasteiger partial charge in [-0.15, -0.1) is 6.58 Å². The maximum atomic E-state index is 14.3. The predicted molar refractivity (Wildman–Crippen MR) is 184 cm³/mol. The van der Waals surface area contributed by atoms with Crippen LogP contribution in [0.5, 0.6) is 0 Å². The van der Waals surface area contributed by atoms with Crippen molar-refractivity contribution in [2.45, 2.75) is 108 Å². The molecule has 3 aliphatic heterocycles. The lowest BCUT2D eigenvalue weighted by Gasteiger charge is -2.35. The minimum atomic E-state index is -3.91. The van der Waals surface area contributed by atoms with Gasteiger partial charge in [0.2, 0.25) is 21.8 Å². The summed E-state index contributed by atoms with van der Waals surface area (Å²) in [6.45, 7) is 9.56. The lowest BCUT2D eigenvalue weighted by Crippen LogP contribution is -2.60. The number of nitrogens with zero attached hydrogens (tertiary/aromatic N) is 2. The van der Waals surface area contributed by atoms with E-state index in [-0.39, 0.29) is 32.5 Å². The first-order valence-corrected chi connectivity index (χ1v) is 19.0. The summed E-state index contributed by atoms with van der Waals surface area (Å²) in [6.07, 6.45) is 1.88. The van der Waals surface area contributed by atoms with Gasteiger partial charge >= 0.3 is 12.2 Å². The van der Waals surface area contributed by atoms with E-state index < -0.39 is 80.2 Å². The summed E-state index contributed by atoms with van der Waals surface area (Å²) >= 11 is 0. The zero-order valence-corrected chi connectivity index (χ0v) is 30.0. The Bertz CT molecular complexity index is 1810. The largest absolute Gasteiger partial charge is 0.450 e. The first-order valence-electron chi connectivity index (χ1n) is 17.4. The molecule has 4 bridgehead atoms. The molecule has 5 amide bonds. The number of hydrogen-bond donors (Lipinski definition) is 3. The van der Waals surface area contributed by atoms with Gasteiger partial charge in [-0.3, -0.25) is 24.0 Å². The fraction of sp³-hybridized carbons (Fsp3) is 0.583. The summed E-state index contributed by atoms with van der Waals surface area (Å²) in [6, 6.07) is 3.37. The molecule has 3 N–H and O–H groups in total. The Hall–Kier alpha value is -4.58. The van der Waals surface area contributed by atoms with Crippen LogP contribution in [0.25, 0.3) is 0 Å². The molecule has 3 heterocycles. The molecule has 274 valence electrons. The fourth-order valence-electron chi connectivity index (χ4n) is 6.89. The number of fused-ring (bicyclic) bond motifs is 3. The number of alkyl carbamates (subject to hydrolysis) is 1. The number of amides is 5. The molecule has 6 rings (SSSR count). The van der Waals surface area contributed by atoms with E-state index in [9.17, 15) is 32.4 Å². The van der Waals surface area contributed by atoms with Crippen LogP contribution in [-0.4, -0.2) is 90.3 Å². The quantitative estimate of drug-likeness (QED) is 0.294. The molecule has 5 aliphatic rings. The highest BCUT2D eigenvalue weighted by Gasteiger charge is 2.62. The van der Waals surface area contributed by atoms with Crippen molar-refractivity contribution in [2.75, 3.05) is 13.2 Å². The molecule has 14 nitrogen and oxygen atoms in total. The third kappa shape index (κ3) is 7.71. The highest BCUT2D eigenvalue weighted by molar-refractivity contribution is 7.91. The fourth-order valence-corrected chi connectivity index (χ4v) is 8.26. The average molecular weight is 724 g/mol. The Kier molecular flexibility index (Phi) is 9.84. The maximum absolute atomic E-state index is 14.3. The zero-order chi connectivity index (χ0) is 36.7. The van der Waals surface area contributed by atoms with Gasteiger partial charge in [-0.2, -0.15) is 0 Å². The second-order valence-corrected chi connectivity index (χ2v) is 17.0. The Balaban J connectivity index is 1.27. The molecular formula is C36H45N5O9S. The molecule has 1 aromatic rings. The van der Waals surface area contributed by atoms with E-state index in [1.165, 1.54) is 11.0 Å². The van der Waals surface area contributed by atoms with Gasteiger partial charge in [0.15, 0.2) is 0 Å². The van der Waals surface area contributed by atoms with Gasteiger partial charge in [-0.25, -0.2) is 18.0 Å². The van der Waals surface area contributed by atoms with Gasteiger partial charge in [-0.1, -0.05) is 50.8 Å². The van der Waals surface area contributed by atoms with Crippen LogP contribution in [0.4, 0.5) is 9.59 Å². The van der Waals surface area contributed by atoms with Gasteiger partial charge in [0.1, 0.15) is 23.7 Å². The number of carbonyl (C=O) groups excluding carboxylic acids is 5. The van der Waals surface area contributed by atoms with Gasteiger partial charge in [0.25, 0.3) is 5.91 Å². The lowest BCUT2D eigenvalue weighted by molar-refractivity contribution is -0.142. The smallest absolute Gasteiger partial charge is 0.410 e. The topological polar surface area (TPSA) is 181 Å². The minimum Gasteiger partial charge on any atom is -0.450 e. The second-order valence-electron chi connectivity index (χ2n) is 15.1. The van der Waals surface area contributed by atoms with Crippen LogP contribution in [0.2, 0.25) is 0 Å². The Labute approximate surface area is 298 Å². The number of ether oxygens (including phenoxy) is 2. The van der Waals surface area contributed by atoms with Gasteiger partial charge < -0.3 is 25.0 Å². The van der Waals surface area contributed by atoms with Crippen LogP contribution in [0.3, 0.4) is 0 Å². The van der Waals surface area contributed by atoms with Crippen LogP contribution >= 0.6 is 0 Å². The van der Waals surface area contributed by atoms with E-state index in [0.717, 1.165) is 16.7 Å². The summed E-state index contributed by atoms with van der Waals surface area (Å²) in [5.74, 6) is 3.62. The molecule has 1 saturated heterocycles. The third-order valence-corrected chi connectivity index (χ3v) is 12.0. The van der Waals surface area contributed by atoms with E-state index in [2.05, 4.69) is 33.8 Å². The number of sulfonamides is 1. The predicted octanol–water partition coefficient (Wildman–Crippen LogP) is 2.45. The van der Waals surface area contributed by atoms with Crippen LogP contribution in [0, 0.1) is 23.2 Å². The molecule has 51 heavy (non-hydrogen) atoms. The summed E-state index contributed by atoms with van der Waals surface area (Å²) < 4.78 is 38.7. The molecule has 0 radical (unpaired) electrons. The number of cyclic esters (lactones) is 1. The van der Waals surface area contributed by atoms with Crippen molar-refractivity contribution < 1.29 is 41.9 Å². The summed E-state index contributed by atoms with van der Waals surface area (Å²) in [4.78, 5) is 71.1. The van der Waals surface area contributed by atoms with Crippen LogP contribution in [-0.2, 0) is 47.0 Å². The molecule has 15 heteroatoms. The van der Waals surface area contributed by atoms with E-state index >= 15 is 0 Å². The number of carbonyl (C=O) groups is 5. The number of nitrogens with one attached hydrogen (secondary N) is 3. The monoisotopic (exact) mass is 723 g/mol. The van der Waals surface area contributed by atoms with E-state index in [1.807, 2.05) is 18.2 Å². The van der Waals surface area contributed by atoms with Gasteiger partial charge in [0.05, 0.1) is 24.9 Å². The Morgan fingerprint density at radius 3 is 2.59 bits per heavy atom. The molecular weight excluding hydrogens is 678 g/mol. The highest BCUT2D eigenvalue weighted by Crippen LogP contribution is 2.45. The molecule has 3 fully saturated rings. The lowest BCUT2D eigenvalue weighted by atomic mass is 9.85. The van der Waals surface area contributed by atoms with Crippen LogP contribution < -0.4 is 15.4 Å². The third-order valence-electron chi connectivity index (χ3n) is 10.1. The molecule has 5 atom stereocenters. The highest BCUT2D eigenvalue weighted by atomic mass is 32.2. The first-order chi connectivity index (χ1) is 24.1. The van der Waals surface area contributed by atoms with Crippen molar-refractivity contribution in [1.29, 1.82) is 0 Å². The summed E-state index contributed by atoms with van der Waals surface area (Å²) in [5, 5.41) is 4.75. The van der Waals surface area contributed by atoms with Crippen molar-refractivity contribution >= 4 is 39.9 Å². The summed E-state index contributed by atoms with van der Waals surface area (Å²) in [5.41, 5.74) is 0.279. The standard InChI is InChI=1S/C36H45N5O9S/c1-5-24-18-36(24,32(44)39-51(47,48)26-14-15-26)38-30(42)28-17-25-20-41(28)31(43)29(35(2,3)4)37-33(45)49-16-9-7-6-8-11-22-12-10-13-23-19-40(21-27(22)23)34(46)50-25/h5,10,12-13,24-26,28-29H,1,6-7,9,14-21H2,2-4H3,(H,37,45)(H,38,42)(H,39,44). The van der Waals surface area contributed by atoms with E-state index in [0.29, 0.717) is 38.6 Å². The Morgan fingerprint density at radius 1 is 1.14 bits per heavy atom. The van der Waals surface area contributed by atoms with Crippen molar-refractivity contribution in [2.24, 2.45) is 11.3 Å². The first kappa shape index (κ1) is 36.2. The molecule has 2 saturated carbocycles. The molecule has 0 spiro atoms. The number of rotatable bonds is 6. The van der Waals surface area contributed by atoms with Crippen molar-refractivity contribution in [3.05, 3.63) is 47.5 Å². The SMILES string of the molecule is C=CC1CC1(NC(=O)C1CC2CN1C(=O)C(C(C)(C)C)NC(=O)OCCCCC#Cc1cccc3c1CN(C3)C(=O)O2)C(=O)NS(=O)(=O)C1CC1. The molecule has 2 aliphatic carbocycles. The van der Waals surface area contributed by atoms with E-state index in [1.54, 1.807) is 25.7 Å². The molecule has 0 aromatic heterocycles. The van der Waals surface area contributed by atoms with Crippen LogP contribution in [0.15, 0.2) is 30.9 Å². The van der Waals surface area contributed by atoms with E-state index in [4.69, 9.17) is 9.47 Å². The van der Waals surface area contributed by atoms with Crippen LogP contribution in [0.1, 0.15) is 82.4 Å². The average Bonchev–Trinajstić information content (AvgIpc) is 3.96. The van der Waals surface area contributed by atoms with Gasteiger partial charge in [-0.05, 0) is 54.7 Å². The van der Waals surface area contributed by atoms with Gasteiger partial charge in [0, 0.05) is 30.9 Å². The second kappa shape index (κ2) is 13.9. The zero-order valence-electron chi connectivity index (χ0n) is 29.2. The molecule has 1 aromatic carbocycles. The Morgan fingerprint density at radius 2 is 1.90 bits per heavy atom. The van der Waals surface area contributed by atoms with Crippen molar-refractivity contribution in [1.82, 2.24) is 25.2 Å². The maximum Gasteiger partial charge on any atom is 0.410 e. The minimum absolute atomic E-state index is 0.0982. The van der Waals surface area contributed by atoms with Crippen molar-refractivity contribution in [3.63, 3.8) is 0 Å². The summed E-state index contributed by atoms with van der Waals surface area (Å²) in [7, 11) is -3.91.